The normalized spacial score (nSPS) is 26.5. The van der Waals surface area contributed by atoms with Crippen LogP contribution in [-0.4, -0.2) is 97.2 Å². The van der Waals surface area contributed by atoms with E-state index in [0.717, 1.165) is 74.4 Å². The number of imide groups is 1. The average Bonchev–Trinajstić information content (AvgIpc) is 3.21. The van der Waals surface area contributed by atoms with Crippen LogP contribution in [0.15, 0.2) is 60.7 Å². The zero-order valence-corrected chi connectivity index (χ0v) is 36.1. The van der Waals surface area contributed by atoms with Gasteiger partial charge < -0.3 is 29.7 Å². The molecular formula is C48H58N6O7. The van der Waals surface area contributed by atoms with Gasteiger partial charge >= 0.3 is 0 Å². The Kier molecular flexibility index (Phi) is 11.4. The van der Waals surface area contributed by atoms with Crippen molar-refractivity contribution in [3.8, 4) is 17.6 Å². The summed E-state index contributed by atoms with van der Waals surface area (Å²) in [4.78, 5) is 54.7. The van der Waals surface area contributed by atoms with Crippen LogP contribution in [0, 0.1) is 36.0 Å². The Hall–Kier alpha value is -5.45. The van der Waals surface area contributed by atoms with E-state index in [2.05, 4.69) is 71.6 Å². The summed E-state index contributed by atoms with van der Waals surface area (Å²) >= 11 is 0. The molecular weight excluding hydrogens is 773 g/mol. The minimum Gasteiger partial charge on any atom is -0.490 e. The van der Waals surface area contributed by atoms with Crippen LogP contribution in [0.3, 0.4) is 0 Å². The summed E-state index contributed by atoms with van der Waals surface area (Å²) in [6.45, 7) is 16.7. The second-order valence-electron chi connectivity index (χ2n) is 19.0. The topological polar surface area (TPSA) is 162 Å². The summed E-state index contributed by atoms with van der Waals surface area (Å²) < 4.78 is 19.3. The molecule has 5 aliphatic rings. The molecule has 2 saturated carbocycles. The number of amides is 4. The van der Waals surface area contributed by atoms with Gasteiger partial charge in [0.15, 0.2) is 0 Å². The number of nitrogens with zero attached hydrogens (tertiary/aromatic N) is 3. The summed E-state index contributed by atoms with van der Waals surface area (Å²) in [5.41, 5.74) is 3.83. The molecule has 0 bridgehead atoms. The van der Waals surface area contributed by atoms with Gasteiger partial charge in [0.25, 0.3) is 11.8 Å². The smallest absolute Gasteiger partial charge is 0.251 e. The van der Waals surface area contributed by atoms with E-state index in [1.165, 1.54) is 0 Å². The fraction of sp³-hybridized carbons (Fsp3) is 0.521. The Morgan fingerprint density at radius 2 is 1.44 bits per heavy atom. The van der Waals surface area contributed by atoms with Gasteiger partial charge in [0.1, 0.15) is 29.7 Å². The van der Waals surface area contributed by atoms with E-state index in [-0.39, 0.29) is 58.8 Å². The first-order valence-electron chi connectivity index (χ1n) is 21.7. The van der Waals surface area contributed by atoms with Crippen LogP contribution in [0.4, 0.5) is 5.69 Å². The second kappa shape index (κ2) is 16.4. The standard InChI is InChI=1S/C48H58N6O7/c1-29-23-36(24-30(2)38(29)27-49)61-45-46(3,4)44(47(45,5)6)52-42(57)31-7-11-33(12-8-31)53-19-17-48(18-20-53)28-54(21-22-59-48)34-25-37(26-34)60-35-13-9-32(10-14-35)41(56)50-39-15-16-40(55)51-43(39)58/h7-14,23-24,34,37,39,44-45H,15-22,25-26,28H2,1-6H3,(H,50,56)(H,52,57)(H,51,55,58)/t34-,37-,39?,44-,45-. The molecule has 322 valence electrons. The zero-order chi connectivity index (χ0) is 43.3. The van der Waals surface area contributed by atoms with Gasteiger partial charge in [-0.1, -0.05) is 27.7 Å². The highest BCUT2D eigenvalue weighted by molar-refractivity contribution is 6.03. The highest BCUT2D eigenvalue weighted by Gasteiger charge is 2.64. The van der Waals surface area contributed by atoms with Gasteiger partial charge in [-0.2, -0.15) is 5.26 Å². The van der Waals surface area contributed by atoms with E-state index in [9.17, 15) is 24.4 Å². The van der Waals surface area contributed by atoms with Crippen LogP contribution in [0.1, 0.15) is 104 Å². The third kappa shape index (κ3) is 8.45. The van der Waals surface area contributed by atoms with Crippen molar-refractivity contribution in [1.82, 2.24) is 20.9 Å². The summed E-state index contributed by atoms with van der Waals surface area (Å²) in [6, 6.07) is 20.7. The molecule has 3 saturated heterocycles. The lowest BCUT2D eigenvalue weighted by Gasteiger charge is -2.63. The molecule has 3 heterocycles. The van der Waals surface area contributed by atoms with Crippen molar-refractivity contribution in [2.45, 2.75) is 116 Å². The lowest BCUT2D eigenvalue weighted by atomic mass is 9.49. The molecule has 61 heavy (non-hydrogen) atoms. The van der Waals surface area contributed by atoms with Crippen LogP contribution in [0.2, 0.25) is 0 Å². The average molecular weight is 831 g/mol. The van der Waals surface area contributed by atoms with Crippen molar-refractivity contribution >= 4 is 29.3 Å². The van der Waals surface area contributed by atoms with Gasteiger partial charge in [-0.15, -0.1) is 0 Å². The first-order chi connectivity index (χ1) is 29.0. The van der Waals surface area contributed by atoms with Crippen molar-refractivity contribution in [3.05, 3.63) is 88.5 Å². The molecule has 1 atom stereocenters. The van der Waals surface area contributed by atoms with Crippen molar-refractivity contribution in [2.24, 2.45) is 10.8 Å². The SMILES string of the molecule is Cc1cc(O[C@H]2C(C)(C)[C@H](NC(=O)c3ccc(N4CCC5(CC4)CN([C@H]4C[C@H](Oc6ccc(C(=O)NC7CCC(=O)NC7=O)cc6)C4)CCO5)cc3)C2(C)C)cc(C)c1C#N. The first kappa shape index (κ1) is 42.2. The van der Waals surface area contributed by atoms with E-state index in [1.54, 1.807) is 24.3 Å². The Morgan fingerprint density at radius 1 is 0.836 bits per heavy atom. The van der Waals surface area contributed by atoms with Gasteiger partial charge in [0.2, 0.25) is 11.8 Å². The monoisotopic (exact) mass is 830 g/mol. The van der Waals surface area contributed by atoms with Crippen molar-refractivity contribution in [3.63, 3.8) is 0 Å². The number of nitrogens with one attached hydrogen (secondary N) is 3. The Morgan fingerprint density at radius 3 is 2.05 bits per heavy atom. The highest BCUT2D eigenvalue weighted by atomic mass is 16.5. The van der Waals surface area contributed by atoms with E-state index < -0.39 is 11.9 Å². The van der Waals surface area contributed by atoms with E-state index in [0.29, 0.717) is 41.5 Å². The number of rotatable bonds is 10. The molecule has 13 nitrogen and oxygen atoms in total. The maximum atomic E-state index is 13.6. The lowest BCUT2D eigenvalue weighted by Crippen LogP contribution is -2.74. The van der Waals surface area contributed by atoms with Crippen LogP contribution in [0.5, 0.6) is 11.5 Å². The molecule has 3 aromatic carbocycles. The number of piperidine rings is 2. The number of hydrogen-bond donors (Lipinski definition) is 3. The van der Waals surface area contributed by atoms with Gasteiger partial charge in [0.05, 0.1) is 23.8 Å². The third-order valence-corrected chi connectivity index (χ3v) is 14.0. The van der Waals surface area contributed by atoms with E-state index in [4.69, 9.17) is 14.2 Å². The molecule has 3 aliphatic heterocycles. The van der Waals surface area contributed by atoms with Crippen LogP contribution in [0.25, 0.3) is 0 Å². The Labute approximate surface area is 358 Å². The van der Waals surface area contributed by atoms with Crippen LogP contribution in [-0.2, 0) is 14.3 Å². The van der Waals surface area contributed by atoms with Crippen LogP contribution >= 0.6 is 0 Å². The largest absolute Gasteiger partial charge is 0.490 e. The molecule has 2 aliphatic carbocycles. The molecule has 13 heteroatoms. The molecule has 4 amide bonds. The highest BCUT2D eigenvalue weighted by Crippen LogP contribution is 2.55. The molecule has 1 unspecified atom stereocenters. The number of anilines is 1. The zero-order valence-electron chi connectivity index (χ0n) is 36.1. The molecule has 3 N–H and O–H groups in total. The number of hydrogen-bond acceptors (Lipinski definition) is 10. The summed E-state index contributed by atoms with van der Waals surface area (Å²) in [5, 5.41) is 17.8. The molecule has 5 fully saturated rings. The summed E-state index contributed by atoms with van der Waals surface area (Å²) in [6.07, 6.45) is 4.20. The van der Waals surface area contributed by atoms with Gasteiger partial charge in [-0.3, -0.25) is 29.4 Å². The van der Waals surface area contributed by atoms with Gasteiger partial charge in [-0.25, -0.2) is 0 Å². The molecule has 8 rings (SSSR count). The van der Waals surface area contributed by atoms with E-state index >= 15 is 0 Å². The second-order valence-corrected chi connectivity index (χ2v) is 19.0. The van der Waals surface area contributed by atoms with Crippen molar-refractivity contribution in [2.75, 3.05) is 37.7 Å². The van der Waals surface area contributed by atoms with Crippen molar-refractivity contribution in [1.29, 1.82) is 5.26 Å². The van der Waals surface area contributed by atoms with Gasteiger partial charge in [-0.05, 0) is 105 Å². The van der Waals surface area contributed by atoms with E-state index in [1.807, 2.05) is 38.1 Å². The Bertz CT molecular complexity index is 2180. The summed E-state index contributed by atoms with van der Waals surface area (Å²) in [7, 11) is 0. The minimum absolute atomic E-state index is 0.0934. The number of carbonyl (C=O) groups is 4. The van der Waals surface area contributed by atoms with Crippen LogP contribution < -0.4 is 30.3 Å². The number of morpholine rings is 1. The molecule has 1 spiro atoms. The fourth-order valence-corrected chi connectivity index (χ4v) is 10.7. The number of benzene rings is 3. The number of aryl methyl sites for hydroxylation is 2. The lowest BCUT2D eigenvalue weighted by molar-refractivity contribution is -0.164. The van der Waals surface area contributed by atoms with Crippen molar-refractivity contribution < 1.29 is 33.4 Å². The maximum Gasteiger partial charge on any atom is 0.251 e. The molecule has 0 radical (unpaired) electrons. The summed E-state index contributed by atoms with van der Waals surface area (Å²) in [5.74, 6) is 0.208. The number of ether oxygens (including phenoxy) is 3. The van der Waals surface area contributed by atoms with Gasteiger partial charge in [0, 0.05) is 85.2 Å². The fourth-order valence-electron chi connectivity index (χ4n) is 10.7. The predicted molar refractivity (Wildman–Crippen MR) is 230 cm³/mol. The molecule has 0 aromatic heterocycles. The molecule has 3 aromatic rings. The third-order valence-electron chi connectivity index (χ3n) is 14.0. The Balaban J connectivity index is 0.781. The number of carbonyl (C=O) groups excluding carboxylic acids is 4. The first-order valence-corrected chi connectivity index (χ1v) is 21.7. The number of nitriles is 1. The minimum atomic E-state index is -0.716. The predicted octanol–water partition coefficient (Wildman–Crippen LogP) is 5.60. The maximum absolute atomic E-state index is 13.6. The quantitative estimate of drug-likeness (QED) is 0.219.